The molecule has 0 bridgehead atoms. The van der Waals surface area contributed by atoms with Crippen molar-refractivity contribution in [1.29, 1.82) is 0 Å². The monoisotopic (exact) mass is 403 g/mol. The zero-order valence-corrected chi connectivity index (χ0v) is 19.5. The van der Waals surface area contributed by atoms with E-state index in [1.165, 1.54) is 0 Å². The second-order valence-corrected chi connectivity index (χ2v) is 7.33. The minimum atomic E-state index is 0. The summed E-state index contributed by atoms with van der Waals surface area (Å²) in [5.41, 5.74) is 1.08. The molecule has 2 rings (SSSR count). The number of benzene rings is 1. The molecule has 0 aromatic heterocycles. The molecule has 0 atom stereocenters. The Morgan fingerprint density at radius 1 is 1.23 bits per heavy atom. The van der Waals surface area contributed by atoms with Crippen LogP contribution in [0, 0.1) is 11.5 Å². The Balaban J connectivity index is 0. The van der Waals surface area contributed by atoms with E-state index in [1.807, 2.05) is 42.5 Å². The molecule has 1 aliphatic carbocycles. The van der Waals surface area contributed by atoms with Crippen LogP contribution in [0.5, 0.6) is 11.5 Å². The zero-order valence-electron chi connectivity index (χ0n) is 16.9. The van der Waals surface area contributed by atoms with Crippen molar-refractivity contribution >= 4 is 9.52 Å². The summed E-state index contributed by atoms with van der Waals surface area (Å²) in [5.74, 6) is 1.54. The van der Waals surface area contributed by atoms with Crippen molar-refractivity contribution in [3.8, 4) is 11.5 Å². The van der Waals surface area contributed by atoms with Crippen molar-refractivity contribution in [3.05, 3.63) is 73.1 Å². The van der Waals surface area contributed by atoms with Crippen molar-refractivity contribution in [2.45, 2.75) is 40.3 Å². The van der Waals surface area contributed by atoms with E-state index in [0.717, 1.165) is 33.0 Å². The minimum Gasteiger partial charge on any atom is -0.497 e. The Labute approximate surface area is 177 Å². The summed E-state index contributed by atoms with van der Waals surface area (Å²) >= 11 is 0. The SMILES string of the molecule is C=CC(=COc1cccc(OC)c1)C(C)(C)C.C[Si]C.[C-]1=CC=CC1.[Ti]. The van der Waals surface area contributed by atoms with Gasteiger partial charge in [0.1, 0.15) is 11.5 Å². The molecule has 0 aliphatic heterocycles. The summed E-state index contributed by atoms with van der Waals surface area (Å²) in [6.45, 7) is 14.5. The molecule has 0 unspecified atom stereocenters. The number of methoxy groups -OCH3 is 1. The smallest absolute Gasteiger partial charge is 0.130 e. The molecule has 1 aliphatic rings. The van der Waals surface area contributed by atoms with Crippen LogP contribution in [0.2, 0.25) is 13.1 Å². The maximum absolute atomic E-state index is 5.61. The van der Waals surface area contributed by atoms with E-state index >= 15 is 0 Å². The first-order valence-electron chi connectivity index (χ1n) is 8.33. The van der Waals surface area contributed by atoms with Gasteiger partial charge in [0.15, 0.2) is 0 Å². The first-order valence-corrected chi connectivity index (χ1v) is 10.3. The molecule has 0 amide bonds. The average molecular weight is 403 g/mol. The van der Waals surface area contributed by atoms with Crippen molar-refractivity contribution < 1.29 is 31.2 Å². The predicted octanol–water partition coefficient (Wildman–Crippen LogP) is 6.28. The third-order valence-corrected chi connectivity index (χ3v) is 3.03. The molecule has 2 nitrogen and oxygen atoms in total. The standard InChI is InChI=1S/C15H20O2.C5H5.C2H6Si.Ti/c1-6-12(15(2,3)4)11-17-14-9-7-8-13(10-14)16-5;1-2-4-5-3-1;1-3-2;/h6-11H,1H2,2-5H3;1-3H,4H2;1-2H3;/q;-1;;. The van der Waals surface area contributed by atoms with Gasteiger partial charge in [-0.1, -0.05) is 52.6 Å². The van der Waals surface area contributed by atoms with E-state index in [4.69, 9.17) is 9.47 Å². The molecule has 140 valence electrons. The van der Waals surface area contributed by atoms with Gasteiger partial charge in [-0.25, -0.2) is 12.2 Å². The fraction of sp³-hybridized carbons (Fsp3) is 0.364. The van der Waals surface area contributed by atoms with Crippen LogP contribution in [0.3, 0.4) is 0 Å². The topological polar surface area (TPSA) is 18.5 Å². The first kappa shape index (κ1) is 26.9. The summed E-state index contributed by atoms with van der Waals surface area (Å²) in [6, 6.07) is 7.52. The Morgan fingerprint density at radius 2 is 1.85 bits per heavy atom. The van der Waals surface area contributed by atoms with E-state index in [2.05, 4.69) is 52.6 Å². The van der Waals surface area contributed by atoms with Crippen LogP contribution in [0.4, 0.5) is 0 Å². The van der Waals surface area contributed by atoms with Gasteiger partial charge >= 0.3 is 0 Å². The van der Waals surface area contributed by atoms with E-state index in [1.54, 1.807) is 13.4 Å². The molecule has 0 spiro atoms. The fourth-order valence-corrected chi connectivity index (χ4v) is 1.68. The number of hydrogen-bond acceptors (Lipinski definition) is 2. The quantitative estimate of drug-likeness (QED) is 0.255. The average Bonchev–Trinajstić information content (AvgIpc) is 3.15. The van der Waals surface area contributed by atoms with Gasteiger partial charge in [0.25, 0.3) is 0 Å². The molecule has 4 heteroatoms. The second-order valence-electron chi connectivity index (χ2n) is 6.33. The molecule has 0 saturated heterocycles. The van der Waals surface area contributed by atoms with E-state index in [9.17, 15) is 0 Å². The number of allylic oxidation sites excluding steroid dienone is 6. The Bertz CT molecular complexity index is 574. The maximum atomic E-state index is 5.61. The number of rotatable bonds is 4. The normalized spacial score (nSPS) is 12.0. The summed E-state index contributed by atoms with van der Waals surface area (Å²) in [4.78, 5) is 0. The first-order chi connectivity index (χ1) is 11.9. The van der Waals surface area contributed by atoms with Gasteiger partial charge in [0, 0.05) is 37.3 Å². The molecule has 0 N–H and O–H groups in total. The van der Waals surface area contributed by atoms with Gasteiger partial charge in [0.05, 0.1) is 13.4 Å². The molecule has 1 aromatic rings. The van der Waals surface area contributed by atoms with E-state index < -0.39 is 0 Å². The number of ether oxygens (including phenoxy) is 2. The molecule has 1 aromatic carbocycles. The molecule has 0 heterocycles. The van der Waals surface area contributed by atoms with Gasteiger partial charge in [-0.05, 0) is 23.1 Å². The zero-order chi connectivity index (χ0) is 19.1. The van der Waals surface area contributed by atoms with Gasteiger partial charge < -0.3 is 9.47 Å². The molecular formula is C22H31O2SiTi-. The van der Waals surface area contributed by atoms with Gasteiger partial charge in [-0.3, -0.25) is 6.08 Å². The summed E-state index contributed by atoms with van der Waals surface area (Å²) in [7, 11) is 2.72. The van der Waals surface area contributed by atoms with Crippen LogP contribution < -0.4 is 9.47 Å². The van der Waals surface area contributed by atoms with Crippen LogP contribution in [-0.2, 0) is 21.7 Å². The molecule has 0 fully saturated rings. The van der Waals surface area contributed by atoms with Crippen LogP contribution in [0.1, 0.15) is 27.2 Å². The van der Waals surface area contributed by atoms with Crippen LogP contribution in [0.15, 0.2) is 67.0 Å². The van der Waals surface area contributed by atoms with E-state index in [-0.39, 0.29) is 27.1 Å². The summed E-state index contributed by atoms with van der Waals surface area (Å²) in [6.07, 6.45) is 13.6. The molecular weight excluding hydrogens is 372 g/mol. The predicted molar refractivity (Wildman–Crippen MR) is 110 cm³/mol. The van der Waals surface area contributed by atoms with Crippen molar-refractivity contribution in [3.63, 3.8) is 0 Å². The van der Waals surface area contributed by atoms with Crippen molar-refractivity contribution in [2.24, 2.45) is 5.41 Å². The van der Waals surface area contributed by atoms with Crippen LogP contribution in [-0.4, -0.2) is 16.6 Å². The van der Waals surface area contributed by atoms with Gasteiger partial charge in [0.2, 0.25) is 0 Å². The largest absolute Gasteiger partial charge is 0.497 e. The Kier molecular flexibility index (Phi) is 16.5. The minimum absolute atomic E-state index is 0. The molecule has 2 radical (unpaired) electrons. The van der Waals surface area contributed by atoms with E-state index in [0.29, 0.717) is 0 Å². The molecule has 26 heavy (non-hydrogen) atoms. The summed E-state index contributed by atoms with van der Waals surface area (Å²) in [5, 5.41) is 0. The second kappa shape index (κ2) is 15.9. The Hall–Kier alpha value is -1.29. The number of hydrogen-bond donors (Lipinski definition) is 0. The third-order valence-electron chi connectivity index (χ3n) is 3.03. The third kappa shape index (κ3) is 13.0. The maximum Gasteiger partial charge on any atom is 0.130 e. The Morgan fingerprint density at radius 3 is 2.23 bits per heavy atom. The van der Waals surface area contributed by atoms with Crippen molar-refractivity contribution in [1.82, 2.24) is 0 Å². The molecule has 0 saturated carbocycles. The van der Waals surface area contributed by atoms with Crippen molar-refractivity contribution in [2.75, 3.05) is 7.11 Å². The van der Waals surface area contributed by atoms with Gasteiger partial charge in [-0.2, -0.15) is 6.08 Å². The fourth-order valence-electron chi connectivity index (χ4n) is 1.68. The summed E-state index contributed by atoms with van der Waals surface area (Å²) < 4.78 is 10.7. The van der Waals surface area contributed by atoms with Crippen LogP contribution in [0.25, 0.3) is 0 Å². The van der Waals surface area contributed by atoms with Crippen LogP contribution >= 0.6 is 0 Å². The van der Waals surface area contributed by atoms with Gasteiger partial charge in [-0.15, -0.1) is 6.42 Å².